The van der Waals surface area contributed by atoms with Gasteiger partial charge in [-0.05, 0) is 24.1 Å². The van der Waals surface area contributed by atoms with Crippen molar-refractivity contribution in [2.24, 2.45) is 0 Å². The predicted molar refractivity (Wildman–Crippen MR) is 80.4 cm³/mol. The van der Waals surface area contributed by atoms with E-state index in [0.29, 0.717) is 12.2 Å². The summed E-state index contributed by atoms with van der Waals surface area (Å²) in [6.07, 6.45) is -2.41. The van der Waals surface area contributed by atoms with E-state index in [9.17, 15) is 25.2 Å². The molecule has 1 unspecified atom stereocenters. The first-order chi connectivity index (χ1) is 10.9. The molecule has 1 aliphatic rings. The molecule has 1 saturated heterocycles. The fourth-order valence-electron chi connectivity index (χ4n) is 2.60. The fourth-order valence-corrected chi connectivity index (χ4v) is 2.60. The van der Waals surface area contributed by atoms with Crippen molar-refractivity contribution in [1.82, 2.24) is 0 Å². The summed E-state index contributed by atoms with van der Waals surface area (Å²) in [5, 5.41) is 39.5. The Kier molecular flexibility index (Phi) is 5.59. The van der Waals surface area contributed by atoms with Crippen molar-refractivity contribution in [1.29, 1.82) is 0 Å². The molecule has 4 N–H and O–H groups in total. The van der Waals surface area contributed by atoms with Gasteiger partial charge in [0.05, 0.1) is 20.3 Å². The molecule has 0 bridgehead atoms. The molecule has 0 radical (unpaired) electrons. The topological polar surface area (TPSA) is 116 Å². The SMILES string of the molecule is COc1cc(CCC(=O)CC2(O)[C@H](O)COC[C@@H]2O)ccc1O. The van der Waals surface area contributed by atoms with Gasteiger partial charge in [-0.1, -0.05) is 6.07 Å². The van der Waals surface area contributed by atoms with E-state index in [2.05, 4.69) is 0 Å². The molecule has 1 aromatic carbocycles. The third-order valence-corrected chi connectivity index (χ3v) is 4.12. The molecule has 3 atom stereocenters. The van der Waals surface area contributed by atoms with Crippen molar-refractivity contribution in [3.05, 3.63) is 23.8 Å². The molecule has 0 spiro atoms. The number of phenolic OH excluding ortho intramolecular Hbond substituents is 1. The minimum absolute atomic E-state index is 0.0188. The minimum Gasteiger partial charge on any atom is -0.504 e. The highest BCUT2D eigenvalue weighted by molar-refractivity contribution is 5.80. The molecule has 1 heterocycles. The van der Waals surface area contributed by atoms with Gasteiger partial charge in [0.25, 0.3) is 0 Å². The third kappa shape index (κ3) is 4.00. The predicted octanol–water partition coefficient (Wildman–Crippen LogP) is -0.224. The van der Waals surface area contributed by atoms with Gasteiger partial charge < -0.3 is 29.9 Å². The lowest BCUT2D eigenvalue weighted by Gasteiger charge is -2.40. The largest absolute Gasteiger partial charge is 0.504 e. The van der Waals surface area contributed by atoms with E-state index in [1.807, 2.05) is 0 Å². The van der Waals surface area contributed by atoms with Crippen LogP contribution in [-0.2, 0) is 16.0 Å². The number of methoxy groups -OCH3 is 1. The van der Waals surface area contributed by atoms with E-state index in [0.717, 1.165) is 5.56 Å². The van der Waals surface area contributed by atoms with E-state index in [4.69, 9.17) is 9.47 Å². The van der Waals surface area contributed by atoms with E-state index in [-0.39, 0.29) is 37.6 Å². The monoisotopic (exact) mass is 326 g/mol. The first-order valence-corrected chi connectivity index (χ1v) is 7.40. The van der Waals surface area contributed by atoms with Gasteiger partial charge in [0.15, 0.2) is 11.5 Å². The van der Waals surface area contributed by atoms with Gasteiger partial charge >= 0.3 is 0 Å². The van der Waals surface area contributed by atoms with E-state index in [1.54, 1.807) is 12.1 Å². The molecule has 0 aromatic heterocycles. The van der Waals surface area contributed by atoms with Gasteiger partial charge in [-0.25, -0.2) is 0 Å². The van der Waals surface area contributed by atoms with Gasteiger partial charge in [-0.2, -0.15) is 0 Å². The molecule has 23 heavy (non-hydrogen) atoms. The van der Waals surface area contributed by atoms with Gasteiger partial charge in [0.1, 0.15) is 23.6 Å². The van der Waals surface area contributed by atoms with Crippen LogP contribution in [0, 0.1) is 0 Å². The molecule has 128 valence electrons. The molecule has 7 nitrogen and oxygen atoms in total. The van der Waals surface area contributed by atoms with Gasteiger partial charge in [-0.15, -0.1) is 0 Å². The summed E-state index contributed by atoms with van der Waals surface area (Å²) in [5.74, 6) is 0.0636. The van der Waals surface area contributed by atoms with Crippen LogP contribution in [0.15, 0.2) is 18.2 Å². The third-order valence-electron chi connectivity index (χ3n) is 4.12. The Morgan fingerprint density at radius 1 is 1.35 bits per heavy atom. The van der Waals surface area contributed by atoms with Crippen LogP contribution in [0.2, 0.25) is 0 Å². The molecular formula is C16H22O7. The highest BCUT2D eigenvalue weighted by Crippen LogP contribution is 2.28. The molecule has 2 rings (SSSR count). The zero-order chi connectivity index (χ0) is 17.0. The number of aromatic hydroxyl groups is 1. The number of phenols is 1. The number of aliphatic hydroxyl groups excluding tert-OH is 2. The molecule has 1 fully saturated rings. The quantitative estimate of drug-likeness (QED) is 0.571. The normalized spacial score (nSPS) is 27.7. The maximum absolute atomic E-state index is 12.1. The number of hydrogen-bond acceptors (Lipinski definition) is 7. The van der Waals surface area contributed by atoms with Crippen LogP contribution in [0.5, 0.6) is 11.5 Å². The fraction of sp³-hybridized carbons (Fsp3) is 0.562. The number of rotatable bonds is 6. The number of Topliss-reactive ketones (excluding diaryl/α,β-unsaturated/α-hetero) is 1. The highest BCUT2D eigenvalue weighted by atomic mass is 16.5. The average Bonchev–Trinajstić information content (AvgIpc) is 2.52. The van der Waals surface area contributed by atoms with Crippen LogP contribution in [0.1, 0.15) is 18.4 Å². The second-order valence-corrected chi connectivity index (χ2v) is 5.78. The van der Waals surface area contributed by atoms with E-state index >= 15 is 0 Å². The number of carbonyl (C=O) groups excluding carboxylic acids is 1. The molecule has 0 amide bonds. The van der Waals surface area contributed by atoms with Crippen LogP contribution in [0.25, 0.3) is 0 Å². The summed E-state index contributed by atoms with van der Waals surface area (Å²) in [5.41, 5.74) is -1.07. The van der Waals surface area contributed by atoms with Crippen molar-refractivity contribution >= 4 is 5.78 Å². The Morgan fingerprint density at radius 2 is 2.00 bits per heavy atom. The Balaban J connectivity index is 1.94. The number of ketones is 1. The van der Waals surface area contributed by atoms with Crippen molar-refractivity contribution in [3.8, 4) is 11.5 Å². The summed E-state index contributed by atoms with van der Waals surface area (Å²) in [7, 11) is 1.44. The molecule has 0 saturated carbocycles. The Morgan fingerprint density at radius 3 is 2.61 bits per heavy atom. The number of benzene rings is 1. The average molecular weight is 326 g/mol. The molecule has 1 aliphatic heterocycles. The van der Waals surface area contributed by atoms with Crippen molar-refractivity contribution in [2.45, 2.75) is 37.1 Å². The second kappa shape index (κ2) is 7.27. The summed E-state index contributed by atoms with van der Waals surface area (Å²) < 4.78 is 9.93. The summed E-state index contributed by atoms with van der Waals surface area (Å²) >= 11 is 0. The molecule has 1 aromatic rings. The van der Waals surface area contributed by atoms with Gasteiger partial charge in [-0.3, -0.25) is 4.79 Å². The van der Waals surface area contributed by atoms with Crippen molar-refractivity contribution < 1.29 is 34.7 Å². The lowest BCUT2D eigenvalue weighted by Crippen LogP contribution is -2.60. The van der Waals surface area contributed by atoms with Crippen LogP contribution < -0.4 is 4.74 Å². The number of aliphatic hydroxyl groups is 3. The van der Waals surface area contributed by atoms with E-state index < -0.39 is 17.8 Å². The zero-order valence-corrected chi connectivity index (χ0v) is 12.9. The Labute approximate surface area is 134 Å². The number of hydrogen-bond donors (Lipinski definition) is 4. The van der Waals surface area contributed by atoms with Crippen LogP contribution in [0.3, 0.4) is 0 Å². The molecule has 0 aliphatic carbocycles. The van der Waals surface area contributed by atoms with Crippen LogP contribution >= 0.6 is 0 Å². The standard InChI is InChI=1S/C16H22O7/c1-22-13-6-10(3-5-12(13)18)2-4-11(17)7-16(21)14(19)8-23-9-15(16)20/h3,5-6,14-15,18-21H,2,4,7-9H2,1H3/t14-,15+,16?. The van der Waals surface area contributed by atoms with Crippen molar-refractivity contribution in [3.63, 3.8) is 0 Å². The maximum atomic E-state index is 12.1. The molecule has 7 heteroatoms. The maximum Gasteiger partial charge on any atom is 0.160 e. The van der Waals surface area contributed by atoms with Crippen molar-refractivity contribution in [2.75, 3.05) is 20.3 Å². The minimum atomic E-state index is -1.87. The lowest BCUT2D eigenvalue weighted by atomic mass is 9.83. The second-order valence-electron chi connectivity index (χ2n) is 5.78. The summed E-state index contributed by atoms with van der Waals surface area (Å²) in [6.45, 7) is -0.230. The summed E-state index contributed by atoms with van der Waals surface area (Å²) in [6, 6.07) is 4.80. The number of carbonyl (C=O) groups is 1. The van der Waals surface area contributed by atoms with E-state index in [1.165, 1.54) is 13.2 Å². The molecular weight excluding hydrogens is 304 g/mol. The van der Waals surface area contributed by atoms with Crippen LogP contribution in [-0.4, -0.2) is 64.3 Å². The first kappa shape index (κ1) is 17.7. The smallest absolute Gasteiger partial charge is 0.160 e. The number of ether oxygens (including phenoxy) is 2. The summed E-state index contributed by atoms with van der Waals surface area (Å²) in [4.78, 5) is 12.1. The lowest BCUT2D eigenvalue weighted by molar-refractivity contribution is -0.215. The van der Waals surface area contributed by atoms with Gasteiger partial charge in [0, 0.05) is 12.8 Å². The first-order valence-electron chi connectivity index (χ1n) is 7.40. The van der Waals surface area contributed by atoms with Gasteiger partial charge in [0.2, 0.25) is 0 Å². The zero-order valence-electron chi connectivity index (χ0n) is 12.9. The Hall–Kier alpha value is -1.67. The number of aryl methyl sites for hydroxylation is 1. The Bertz CT molecular complexity index is 547. The van der Waals surface area contributed by atoms with Crippen LogP contribution in [0.4, 0.5) is 0 Å². The highest BCUT2D eigenvalue weighted by Gasteiger charge is 2.47.